The molecule has 0 aromatic carbocycles. The lowest BCUT2D eigenvalue weighted by Gasteiger charge is -2.43. The van der Waals surface area contributed by atoms with Crippen LogP contribution in [0.1, 0.15) is 44.9 Å². The standard InChI is InChI=1S/C14H21N3O2/c1-16(14(11-15)7-5-8-14)13(19)10-17-9-4-2-3-6-12(17)18/h2-10H2,1H3. The summed E-state index contributed by atoms with van der Waals surface area (Å²) >= 11 is 0. The molecule has 1 saturated carbocycles. The fraction of sp³-hybridized carbons (Fsp3) is 0.786. The average Bonchev–Trinajstić information content (AvgIpc) is 2.54. The van der Waals surface area contributed by atoms with Crippen LogP contribution in [0.4, 0.5) is 0 Å². The highest BCUT2D eigenvalue weighted by molar-refractivity contribution is 5.85. The fourth-order valence-electron chi connectivity index (χ4n) is 2.75. The van der Waals surface area contributed by atoms with Crippen molar-refractivity contribution < 1.29 is 9.59 Å². The zero-order valence-electron chi connectivity index (χ0n) is 11.5. The van der Waals surface area contributed by atoms with Crippen molar-refractivity contribution in [2.75, 3.05) is 20.1 Å². The first-order chi connectivity index (χ1) is 9.09. The minimum Gasteiger partial charge on any atom is -0.333 e. The fourth-order valence-corrected chi connectivity index (χ4v) is 2.75. The first-order valence-electron chi connectivity index (χ1n) is 7.05. The summed E-state index contributed by atoms with van der Waals surface area (Å²) in [6.45, 7) is 0.788. The SMILES string of the molecule is CN(C(=O)CN1CCCCCC1=O)C1(C#N)CCC1. The molecule has 5 heteroatoms. The summed E-state index contributed by atoms with van der Waals surface area (Å²) in [5.74, 6) is -0.0460. The Kier molecular flexibility index (Phi) is 4.08. The molecule has 104 valence electrons. The predicted octanol–water partition coefficient (Wildman–Crippen LogP) is 1.29. The number of nitriles is 1. The number of carbonyl (C=O) groups excluding carboxylic acids is 2. The molecule has 0 unspecified atom stereocenters. The number of hydrogen-bond acceptors (Lipinski definition) is 3. The Hall–Kier alpha value is -1.57. The molecule has 1 aliphatic carbocycles. The molecule has 2 rings (SSSR count). The highest BCUT2D eigenvalue weighted by atomic mass is 16.2. The first kappa shape index (κ1) is 13.9. The molecule has 2 aliphatic rings. The van der Waals surface area contributed by atoms with E-state index in [2.05, 4.69) is 6.07 Å². The van der Waals surface area contributed by atoms with Crippen molar-refractivity contribution in [1.82, 2.24) is 9.80 Å². The topological polar surface area (TPSA) is 64.4 Å². The Morgan fingerprint density at radius 3 is 2.68 bits per heavy atom. The third-order valence-corrected chi connectivity index (χ3v) is 4.40. The highest BCUT2D eigenvalue weighted by Crippen LogP contribution is 2.36. The van der Waals surface area contributed by atoms with E-state index in [4.69, 9.17) is 0 Å². The number of nitrogens with zero attached hydrogens (tertiary/aromatic N) is 3. The summed E-state index contributed by atoms with van der Waals surface area (Å²) < 4.78 is 0. The molecule has 2 fully saturated rings. The van der Waals surface area contributed by atoms with Crippen LogP contribution in [0, 0.1) is 11.3 Å². The van der Waals surface area contributed by atoms with Gasteiger partial charge in [0.05, 0.1) is 12.6 Å². The second kappa shape index (κ2) is 5.60. The van der Waals surface area contributed by atoms with E-state index in [-0.39, 0.29) is 18.4 Å². The van der Waals surface area contributed by atoms with Gasteiger partial charge in [0, 0.05) is 20.0 Å². The van der Waals surface area contributed by atoms with Crippen molar-refractivity contribution >= 4 is 11.8 Å². The largest absolute Gasteiger partial charge is 0.333 e. The van der Waals surface area contributed by atoms with Gasteiger partial charge >= 0.3 is 0 Å². The second-order valence-corrected chi connectivity index (χ2v) is 5.58. The quantitative estimate of drug-likeness (QED) is 0.770. The molecule has 0 spiro atoms. The number of rotatable bonds is 3. The number of likely N-dealkylation sites (tertiary alicyclic amines) is 1. The number of likely N-dealkylation sites (N-methyl/N-ethyl adjacent to an activating group) is 1. The maximum absolute atomic E-state index is 12.2. The van der Waals surface area contributed by atoms with Crippen LogP contribution in [0.2, 0.25) is 0 Å². The molecule has 1 heterocycles. The molecule has 0 N–H and O–H groups in total. The van der Waals surface area contributed by atoms with Gasteiger partial charge in [-0.05, 0) is 32.1 Å². The summed E-state index contributed by atoms with van der Waals surface area (Å²) in [5.41, 5.74) is -0.619. The van der Waals surface area contributed by atoms with E-state index in [1.165, 1.54) is 0 Å². The van der Waals surface area contributed by atoms with Crippen molar-refractivity contribution in [1.29, 1.82) is 5.26 Å². The maximum Gasteiger partial charge on any atom is 0.243 e. The minimum atomic E-state index is -0.619. The molecule has 2 amide bonds. The van der Waals surface area contributed by atoms with E-state index in [1.807, 2.05) is 0 Å². The predicted molar refractivity (Wildman–Crippen MR) is 70.0 cm³/mol. The molecule has 1 aliphatic heterocycles. The van der Waals surface area contributed by atoms with Gasteiger partial charge in [-0.3, -0.25) is 9.59 Å². The molecule has 5 nitrogen and oxygen atoms in total. The highest BCUT2D eigenvalue weighted by Gasteiger charge is 2.43. The summed E-state index contributed by atoms with van der Waals surface area (Å²) in [4.78, 5) is 27.3. The Morgan fingerprint density at radius 1 is 1.37 bits per heavy atom. The molecule has 1 saturated heterocycles. The molecule has 0 aromatic rings. The van der Waals surface area contributed by atoms with Crippen molar-refractivity contribution in [3.63, 3.8) is 0 Å². The number of amides is 2. The van der Waals surface area contributed by atoms with Crippen molar-refractivity contribution in [2.24, 2.45) is 0 Å². The van der Waals surface area contributed by atoms with Gasteiger partial charge in [-0.2, -0.15) is 5.26 Å². The van der Waals surface area contributed by atoms with Crippen LogP contribution in [0.3, 0.4) is 0 Å². The zero-order valence-corrected chi connectivity index (χ0v) is 11.5. The Balaban J connectivity index is 1.96. The molecule has 0 bridgehead atoms. The molecular formula is C14H21N3O2. The Labute approximate surface area is 114 Å². The van der Waals surface area contributed by atoms with E-state index >= 15 is 0 Å². The summed E-state index contributed by atoms with van der Waals surface area (Å²) in [6.07, 6.45) is 5.97. The van der Waals surface area contributed by atoms with Gasteiger partial charge in [0.2, 0.25) is 11.8 Å². The van der Waals surface area contributed by atoms with Crippen molar-refractivity contribution in [3.05, 3.63) is 0 Å². The number of carbonyl (C=O) groups is 2. The molecule has 0 aromatic heterocycles. The van der Waals surface area contributed by atoms with Gasteiger partial charge in [-0.15, -0.1) is 0 Å². The van der Waals surface area contributed by atoms with E-state index < -0.39 is 5.54 Å². The average molecular weight is 263 g/mol. The Morgan fingerprint density at radius 2 is 2.11 bits per heavy atom. The molecule has 0 atom stereocenters. The van der Waals surface area contributed by atoms with Gasteiger partial charge < -0.3 is 9.80 Å². The smallest absolute Gasteiger partial charge is 0.243 e. The van der Waals surface area contributed by atoms with Crippen LogP contribution in [0.25, 0.3) is 0 Å². The van der Waals surface area contributed by atoms with Gasteiger partial charge in [0.25, 0.3) is 0 Å². The van der Waals surface area contributed by atoms with Crippen molar-refractivity contribution in [3.8, 4) is 6.07 Å². The van der Waals surface area contributed by atoms with E-state index in [1.54, 1.807) is 16.8 Å². The van der Waals surface area contributed by atoms with Crippen LogP contribution in [0.5, 0.6) is 0 Å². The molecule has 0 radical (unpaired) electrons. The monoisotopic (exact) mass is 263 g/mol. The Bertz CT molecular complexity index is 409. The van der Waals surface area contributed by atoms with Crippen LogP contribution >= 0.6 is 0 Å². The van der Waals surface area contributed by atoms with Gasteiger partial charge in [0.15, 0.2) is 0 Å². The summed E-state index contributed by atoms with van der Waals surface area (Å²) in [7, 11) is 1.69. The van der Waals surface area contributed by atoms with Crippen LogP contribution in [-0.4, -0.2) is 47.3 Å². The third kappa shape index (κ3) is 2.73. The van der Waals surface area contributed by atoms with Crippen LogP contribution < -0.4 is 0 Å². The lowest BCUT2D eigenvalue weighted by atomic mass is 9.76. The maximum atomic E-state index is 12.2. The van der Waals surface area contributed by atoms with Crippen molar-refractivity contribution in [2.45, 2.75) is 50.5 Å². The minimum absolute atomic E-state index is 0.0684. The number of hydrogen-bond donors (Lipinski definition) is 0. The molecule has 19 heavy (non-hydrogen) atoms. The molecular weight excluding hydrogens is 242 g/mol. The van der Waals surface area contributed by atoms with E-state index in [0.29, 0.717) is 13.0 Å². The second-order valence-electron chi connectivity index (χ2n) is 5.58. The summed E-state index contributed by atoms with van der Waals surface area (Å²) in [5, 5.41) is 9.23. The lowest BCUT2D eigenvalue weighted by Crippen LogP contribution is -2.55. The van der Waals surface area contributed by atoms with Crippen LogP contribution in [0.15, 0.2) is 0 Å². The first-order valence-corrected chi connectivity index (χ1v) is 7.05. The summed E-state index contributed by atoms with van der Waals surface area (Å²) in [6, 6.07) is 2.26. The normalized spacial score (nSPS) is 22.1. The van der Waals surface area contributed by atoms with Gasteiger partial charge in [-0.1, -0.05) is 6.42 Å². The van der Waals surface area contributed by atoms with Crippen LogP contribution in [-0.2, 0) is 9.59 Å². The third-order valence-electron chi connectivity index (χ3n) is 4.40. The van der Waals surface area contributed by atoms with E-state index in [0.717, 1.165) is 38.5 Å². The van der Waals surface area contributed by atoms with Gasteiger partial charge in [-0.25, -0.2) is 0 Å². The zero-order chi connectivity index (χ0) is 13.9. The van der Waals surface area contributed by atoms with E-state index in [9.17, 15) is 14.9 Å². The lowest BCUT2D eigenvalue weighted by molar-refractivity contribution is -0.143. The van der Waals surface area contributed by atoms with Gasteiger partial charge in [0.1, 0.15) is 5.54 Å².